The van der Waals surface area contributed by atoms with Crippen molar-refractivity contribution in [3.8, 4) is 0 Å². The summed E-state index contributed by atoms with van der Waals surface area (Å²) in [5.41, 5.74) is 0.460. The Morgan fingerprint density at radius 1 is 1.20 bits per heavy atom. The third kappa shape index (κ3) is 4.36. The first kappa shape index (κ1) is 17.8. The molecule has 0 aromatic carbocycles. The smallest absolute Gasteiger partial charge is 0.237 e. The second-order valence-corrected chi connectivity index (χ2v) is 7.05. The number of carbonyl (C=O) groups is 1. The van der Waals surface area contributed by atoms with E-state index < -0.39 is 0 Å². The number of nitrogens with one attached hydrogen (secondary N) is 2. The summed E-state index contributed by atoms with van der Waals surface area (Å²) < 4.78 is 0. The highest BCUT2D eigenvalue weighted by atomic mass is 35.5. The number of carbonyl (C=O) groups excluding carboxylic acids is 1. The molecule has 0 aromatic rings. The average molecular weight is 303 g/mol. The molecule has 2 rings (SSSR count). The third-order valence-corrected chi connectivity index (χ3v) is 5.47. The molecule has 1 atom stereocenters. The fraction of sp³-hybridized carbons (Fsp3) is 0.938. The first-order valence-corrected chi connectivity index (χ1v) is 8.06. The van der Waals surface area contributed by atoms with Crippen molar-refractivity contribution in [2.75, 3.05) is 6.54 Å². The Bertz CT molecular complexity index is 306. The number of hydrogen-bond donors (Lipinski definition) is 2. The summed E-state index contributed by atoms with van der Waals surface area (Å²) in [7, 11) is 0. The molecule has 1 aliphatic heterocycles. The average Bonchev–Trinajstić information content (AvgIpc) is 2.93. The van der Waals surface area contributed by atoms with Crippen molar-refractivity contribution < 1.29 is 4.79 Å². The van der Waals surface area contributed by atoms with E-state index in [-0.39, 0.29) is 24.4 Å². The molecule has 0 radical (unpaired) electrons. The largest absolute Gasteiger partial charge is 0.352 e. The Hall–Kier alpha value is -0.280. The molecule has 4 heteroatoms. The van der Waals surface area contributed by atoms with Gasteiger partial charge in [-0.05, 0) is 56.4 Å². The molecule has 1 saturated carbocycles. The number of halogens is 1. The molecule has 1 amide bonds. The van der Waals surface area contributed by atoms with Gasteiger partial charge >= 0.3 is 0 Å². The molecule has 2 fully saturated rings. The van der Waals surface area contributed by atoms with Gasteiger partial charge in [0.05, 0.1) is 6.04 Å². The summed E-state index contributed by atoms with van der Waals surface area (Å²) in [6.45, 7) is 8.06. The zero-order valence-corrected chi connectivity index (χ0v) is 14.0. The van der Waals surface area contributed by atoms with E-state index in [0.29, 0.717) is 11.5 Å². The first-order valence-electron chi connectivity index (χ1n) is 8.06. The van der Waals surface area contributed by atoms with Crippen LogP contribution in [-0.2, 0) is 4.79 Å². The van der Waals surface area contributed by atoms with Gasteiger partial charge in [0, 0.05) is 6.04 Å². The Balaban J connectivity index is 0.00000200. The van der Waals surface area contributed by atoms with Crippen molar-refractivity contribution in [3.05, 3.63) is 0 Å². The minimum absolute atomic E-state index is 0. The highest BCUT2D eigenvalue weighted by Gasteiger charge is 2.33. The van der Waals surface area contributed by atoms with Crippen LogP contribution >= 0.6 is 12.4 Å². The lowest BCUT2D eigenvalue weighted by molar-refractivity contribution is -0.123. The summed E-state index contributed by atoms with van der Waals surface area (Å²) in [4.78, 5) is 12.1. The summed E-state index contributed by atoms with van der Waals surface area (Å²) in [5, 5.41) is 6.53. The molecule has 0 bridgehead atoms. The number of amides is 1. The van der Waals surface area contributed by atoms with Crippen LogP contribution in [0.4, 0.5) is 0 Å². The van der Waals surface area contributed by atoms with Crippen LogP contribution in [0.2, 0.25) is 0 Å². The van der Waals surface area contributed by atoms with Gasteiger partial charge < -0.3 is 10.6 Å². The van der Waals surface area contributed by atoms with Crippen LogP contribution in [0.3, 0.4) is 0 Å². The third-order valence-electron chi connectivity index (χ3n) is 5.47. The second-order valence-electron chi connectivity index (χ2n) is 7.05. The van der Waals surface area contributed by atoms with Crippen molar-refractivity contribution >= 4 is 18.3 Å². The van der Waals surface area contributed by atoms with Crippen LogP contribution in [0.5, 0.6) is 0 Å². The lowest BCUT2D eigenvalue weighted by Crippen LogP contribution is -2.46. The van der Waals surface area contributed by atoms with Crippen molar-refractivity contribution in [1.82, 2.24) is 10.6 Å². The van der Waals surface area contributed by atoms with E-state index in [4.69, 9.17) is 0 Å². The van der Waals surface area contributed by atoms with Crippen LogP contribution < -0.4 is 10.6 Å². The Kier molecular flexibility index (Phi) is 6.80. The zero-order valence-electron chi connectivity index (χ0n) is 13.2. The van der Waals surface area contributed by atoms with Crippen LogP contribution in [0.1, 0.15) is 65.7 Å². The summed E-state index contributed by atoms with van der Waals surface area (Å²) in [5.74, 6) is 1.06. The van der Waals surface area contributed by atoms with E-state index in [0.717, 1.165) is 38.1 Å². The van der Waals surface area contributed by atoms with Crippen molar-refractivity contribution in [1.29, 1.82) is 0 Å². The van der Waals surface area contributed by atoms with Gasteiger partial charge in [-0.3, -0.25) is 4.79 Å². The van der Waals surface area contributed by atoms with E-state index >= 15 is 0 Å². The van der Waals surface area contributed by atoms with Gasteiger partial charge in [-0.25, -0.2) is 0 Å². The summed E-state index contributed by atoms with van der Waals surface area (Å²) >= 11 is 0. The van der Waals surface area contributed by atoms with Crippen molar-refractivity contribution in [3.63, 3.8) is 0 Å². The van der Waals surface area contributed by atoms with Gasteiger partial charge in [0.2, 0.25) is 5.91 Å². The van der Waals surface area contributed by atoms with E-state index in [2.05, 4.69) is 31.4 Å². The van der Waals surface area contributed by atoms with Crippen LogP contribution in [0.25, 0.3) is 0 Å². The zero-order chi connectivity index (χ0) is 13.9. The van der Waals surface area contributed by atoms with Gasteiger partial charge in [0.15, 0.2) is 0 Å². The van der Waals surface area contributed by atoms with Gasteiger partial charge in [0.25, 0.3) is 0 Å². The fourth-order valence-electron chi connectivity index (χ4n) is 3.52. The molecule has 0 spiro atoms. The topological polar surface area (TPSA) is 41.1 Å². The SMILES string of the molecule is CCC(C)(C)C1CCC(NC(=O)[C@@H]2CCCN2)CC1.Cl. The number of rotatable bonds is 4. The molecular weight excluding hydrogens is 272 g/mol. The van der Waals surface area contributed by atoms with Gasteiger partial charge in [-0.1, -0.05) is 27.2 Å². The maximum atomic E-state index is 12.1. The lowest BCUT2D eigenvalue weighted by Gasteiger charge is -2.39. The molecule has 1 aliphatic carbocycles. The molecule has 0 aromatic heterocycles. The van der Waals surface area contributed by atoms with E-state index in [9.17, 15) is 4.79 Å². The van der Waals surface area contributed by atoms with E-state index in [1.165, 1.54) is 19.3 Å². The summed E-state index contributed by atoms with van der Waals surface area (Å²) in [6, 6.07) is 0.489. The quantitative estimate of drug-likeness (QED) is 0.837. The lowest BCUT2D eigenvalue weighted by atomic mass is 9.69. The first-order chi connectivity index (χ1) is 9.03. The summed E-state index contributed by atoms with van der Waals surface area (Å²) in [6.07, 6.45) is 8.24. The maximum absolute atomic E-state index is 12.1. The van der Waals surface area contributed by atoms with E-state index in [1.807, 2.05) is 0 Å². The van der Waals surface area contributed by atoms with Crippen LogP contribution in [-0.4, -0.2) is 24.5 Å². The predicted molar refractivity (Wildman–Crippen MR) is 86.2 cm³/mol. The van der Waals surface area contributed by atoms with Gasteiger partial charge in [-0.15, -0.1) is 12.4 Å². The minimum atomic E-state index is 0. The molecule has 1 heterocycles. The Labute approximate surface area is 130 Å². The van der Waals surface area contributed by atoms with Gasteiger partial charge in [-0.2, -0.15) is 0 Å². The molecule has 0 unspecified atom stereocenters. The standard InChI is InChI=1S/C16H30N2O.ClH/c1-4-16(2,3)12-7-9-13(10-8-12)18-15(19)14-6-5-11-17-14;/h12-14,17H,4-11H2,1-3H3,(H,18,19);1H/t12?,13?,14-;/m0./s1. The van der Waals surface area contributed by atoms with Crippen molar-refractivity contribution in [2.24, 2.45) is 11.3 Å². The number of hydrogen-bond acceptors (Lipinski definition) is 2. The Morgan fingerprint density at radius 2 is 1.85 bits per heavy atom. The normalized spacial score (nSPS) is 30.6. The highest BCUT2D eigenvalue weighted by Crippen LogP contribution is 2.40. The molecule has 118 valence electrons. The van der Waals surface area contributed by atoms with Gasteiger partial charge in [0.1, 0.15) is 0 Å². The van der Waals surface area contributed by atoms with E-state index in [1.54, 1.807) is 0 Å². The molecule has 20 heavy (non-hydrogen) atoms. The molecule has 3 nitrogen and oxygen atoms in total. The van der Waals surface area contributed by atoms with Crippen LogP contribution in [0.15, 0.2) is 0 Å². The minimum Gasteiger partial charge on any atom is -0.352 e. The molecule has 2 aliphatic rings. The predicted octanol–water partition coefficient (Wildman–Crippen LogP) is 3.27. The van der Waals surface area contributed by atoms with Crippen molar-refractivity contribution in [2.45, 2.75) is 77.8 Å². The molecular formula is C16H31ClN2O. The maximum Gasteiger partial charge on any atom is 0.237 e. The monoisotopic (exact) mass is 302 g/mol. The fourth-order valence-corrected chi connectivity index (χ4v) is 3.52. The van der Waals surface area contributed by atoms with Crippen LogP contribution in [0, 0.1) is 11.3 Å². The second kappa shape index (κ2) is 7.65. The molecule has 1 saturated heterocycles. The Morgan fingerprint density at radius 3 is 2.35 bits per heavy atom. The highest BCUT2D eigenvalue weighted by molar-refractivity contribution is 5.85. The molecule has 2 N–H and O–H groups in total.